The van der Waals surface area contributed by atoms with E-state index < -0.39 is 15.4 Å². The lowest BCUT2D eigenvalue weighted by atomic mass is 9.86. The quantitative estimate of drug-likeness (QED) is 0.626. The molecule has 1 N–H and O–H groups in total. The van der Waals surface area contributed by atoms with Gasteiger partial charge in [0.1, 0.15) is 12.3 Å². The number of carbonyl (C=O) groups is 2. The van der Waals surface area contributed by atoms with Gasteiger partial charge in [0.25, 0.3) is 0 Å². The van der Waals surface area contributed by atoms with Crippen LogP contribution in [-0.2, 0) is 25.0 Å². The number of piperidine rings is 1. The maximum absolute atomic E-state index is 13.3. The van der Waals surface area contributed by atoms with E-state index in [1.807, 2.05) is 6.92 Å². The standard InChI is InChI=1S/C26H33N3O5S/c1-5-34-20-10-8-19(9-11-20)27-24(30)17-29-23-13-12-21(15-22(23)26(3,4)25(29)31)35(32,33)28-14-6-7-18(2)16-28/h8-13,15,18H,5-7,14,16-17H2,1-4H3,(H,27,30)/t18-/m0/s1. The van der Waals surface area contributed by atoms with Crippen molar-refractivity contribution in [2.24, 2.45) is 5.92 Å². The Morgan fingerprint density at radius 2 is 1.89 bits per heavy atom. The van der Waals surface area contributed by atoms with E-state index in [-0.39, 0.29) is 23.3 Å². The first-order chi connectivity index (χ1) is 16.5. The van der Waals surface area contributed by atoms with E-state index >= 15 is 0 Å². The third kappa shape index (κ3) is 4.92. The minimum atomic E-state index is -3.66. The highest BCUT2D eigenvalue weighted by Gasteiger charge is 2.45. The second kappa shape index (κ2) is 9.62. The molecule has 2 aromatic carbocycles. The molecule has 8 nitrogen and oxygen atoms in total. The van der Waals surface area contributed by atoms with Crippen molar-refractivity contribution in [3.8, 4) is 5.75 Å². The molecule has 35 heavy (non-hydrogen) atoms. The molecule has 2 aromatic rings. The molecule has 0 aromatic heterocycles. The third-order valence-corrected chi connectivity index (χ3v) is 8.58. The number of amides is 2. The van der Waals surface area contributed by atoms with Crippen LogP contribution in [0.1, 0.15) is 46.1 Å². The molecular weight excluding hydrogens is 466 g/mol. The molecule has 0 saturated carbocycles. The van der Waals surface area contributed by atoms with E-state index in [0.29, 0.717) is 48.3 Å². The van der Waals surface area contributed by atoms with Gasteiger partial charge < -0.3 is 15.0 Å². The largest absolute Gasteiger partial charge is 0.494 e. The van der Waals surface area contributed by atoms with E-state index in [0.717, 1.165) is 12.8 Å². The van der Waals surface area contributed by atoms with Crippen LogP contribution in [0, 0.1) is 5.92 Å². The van der Waals surface area contributed by atoms with Crippen LogP contribution >= 0.6 is 0 Å². The number of hydrogen-bond acceptors (Lipinski definition) is 5. The lowest BCUT2D eigenvalue weighted by Gasteiger charge is -2.30. The summed E-state index contributed by atoms with van der Waals surface area (Å²) >= 11 is 0. The van der Waals surface area contributed by atoms with Gasteiger partial charge in [0.2, 0.25) is 21.8 Å². The average molecular weight is 500 g/mol. The van der Waals surface area contributed by atoms with E-state index in [9.17, 15) is 18.0 Å². The predicted molar refractivity (Wildman–Crippen MR) is 135 cm³/mol. The number of benzene rings is 2. The summed E-state index contributed by atoms with van der Waals surface area (Å²) in [6, 6.07) is 11.8. The van der Waals surface area contributed by atoms with Gasteiger partial charge in [0.15, 0.2) is 0 Å². The Morgan fingerprint density at radius 1 is 1.17 bits per heavy atom. The van der Waals surface area contributed by atoms with Gasteiger partial charge in [-0.1, -0.05) is 6.92 Å². The van der Waals surface area contributed by atoms with Crippen LogP contribution in [0.2, 0.25) is 0 Å². The fraction of sp³-hybridized carbons (Fsp3) is 0.462. The molecule has 0 spiro atoms. The first-order valence-corrected chi connectivity index (χ1v) is 13.5. The fourth-order valence-electron chi connectivity index (χ4n) is 4.79. The summed E-state index contributed by atoms with van der Waals surface area (Å²) in [4.78, 5) is 27.6. The van der Waals surface area contributed by atoms with Crippen molar-refractivity contribution in [3.63, 3.8) is 0 Å². The minimum Gasteiger partial charge on any atom is -0.494 e. The first-order valence-electron chi connectivity index (χ1n) is 12.0. The third-order valence-electron chi connectivity index (χ3n) is 6.72. The normalized spacial score (nSPS) is 19.9. The van der Waals surface area contributed by atoms with Gasteiger partial charge in [-0.3, -0.25) is 9.59 Å². The Labute approximate surface area is 207 Å². The highest BCUT2D eigenvalue weighted by atomic mass is 32.2. The van der Waals surface area contributed by atoms with Crippen LogP contribution in [0.25, 0.3) is 0 Å². The zero-order chi connectivity index (χ0) is 25.4. The Bertz CT molecular complexity index is 1220. The lowest BCUT2D eigenvalue weighted by molar-refractivity contribution is -0.124. The monoisotopic (exact) mass is 499 g/mol. The smallest absolute Gasteiger partial charge is 0.244 e. The highest BCUT2D eigenvalue weighted by Crippen LogP contribution is 2.43. The van der Waals surface area contributed by atoms with Crippen molar-refractivity contribution in [3.05, 3.63) is 48.0 Å². The topological polar surface area (TPSA) is 96.0 Å². The van der Waals surface area contributed by atoms with Gasteiger partial charge in [-0.15, -0.1) is 0 Å². The van der Waals surface area contributed by atoms with E-state index in [2.05, 4.69) is 12.2 Å². The Balaban J connectivity index is 1.55. The van der Waals surface area contributed by atoms with E-state index in [1.165, 1.54) is 9.21 Å². The molecule has 0 radical (unpaired) electrons. The van der Waals surface area contributed by atoms with Crippen LogP contribution in [-0.4, -0.2) is 50.8 Å². The molecule has 1 atom stereocenters. The molecule has 1 saturated heterocycles. The molecule has 2 aliphatic rings. The first kappa shape index (κ1) is 25.2. The van der Waals surface area contributed by atoms with E-state index in [4.69, 9.17) is 4.74 Å². The van der Waals surface area contributed by atoms with Crippen LogP contribution in [0.3, 0.4) is 0 Å². The molecule has 2 amide bonds. The summed E-state index contributed by atoms with van der Waals surface area (Å²) in [6.45, 7) is 8.87. The molecule has 0 bridgehead atoms. The molecule has 188 valence electrons. The number of sulfonamides is 1. The van der Waals surface area contributed by atoms with Crippen molar-refractivity contribution in [2.75, 3.05) is 36.5 Å². The molecule has 4 rings (SSSR count). The summed E-state index contributed by atoms with van der Waals surface area (Å²) in [7, 11) is -3.66. The van der Waals surface area contributed by atoms with Gasteiger partial charge >= 0.3 is 0 Å². The molecule has 2 aliphatic heterocycles. The summed E-state index contributed by atoms with van der Waals surface area (Å²) in [6.07, 6.45) is 1.86. The molecule has 1 fully saturated rings. The number of hydrogen-bond donors (Lipinski definition) is 1. The highest BCUT2D eigenvalue weighted by molar-refractivity contribution is 7.89. The second-order valence-corrected chi connectivity index (χ2v) is 11.7. The van der Waals surface area contributed by atoms with Gasteiger partial charge in [-0.25, -0.2) is 8.42 Å². The maximum Gasteiger partial charge on any atom is 0.244 e. The van der Waals surface area contributed by atoms with Crippen LogP contribution < -0.4 is 15.0 Å². The zero-order valence-electron chi connectivity index (χ0n) is 20.7. The molecule has 2 heterocycles. The Hall–Kier alpha value is -2.91. The zero-order valence-corrected chi connectivity index (χ0v) is 21.5. The fourth-order valence-corrected chi connectivity index (χ4v) is 6.41. The van der Waals surface area contributed by atoms with Crippen molar-refractivity contribution in [2.45, 2.75) is 50.8 Å². The second-order valence-electron chi connectivity index (χ2n) is 9.81. The molecule has 0 unspecified atom stereocenters. The summed E-state index contributed by atoms with van der Waals surface area (Å²) in [5, 5.41) is 2.81. The van der Waals surface area contributed by atoms with Gasteiger partial charge in [0, 0.05) is 24.5 Å². The SMILES string of the molecule is CCOc1ccc(NC(=O)CN2C(=O)C(C)(C)c3cc(S(=O)(=O)N4CCC[C@H](C)C4)ccc32)cc1. The van der Waals surface area contributed by atoms with Crippen LogP contribution in [0.5, 0.6) is 5.75 Å². The predicted octanol–water partition coefficient (Wildman–Crippen LogP) is 3.77. The number of rotatable bonds is 7. The van der Waals surface area contributed by atoms with Crippen LogP contribution in [0.4, 0.5) is 11.4 Å². The summed E-state index contributed by atoms with van der Waals surface area (Å²) in [5.41, 5.74) is 0.826. The van der Waals surface area contributed by atoms with Crippen LogP contribution in [0.15, 0.2) is 47.4 Å². The summed E-state index contributed by atoms with van der Waals surface area (Å²) < 4.78 is 33.6. The molecule has 9 heteroatoms. The number of carbonyl (C=O) groups excluding carboxylic acids is 2. The van der Waals surface area contributed by atoms with Crippen molar-refractivity contribution in [1.82, 2.24) is 4.31 Å². The number of fused-ring (bicyclic) bond motifs is 1. The molecular formula is C26H33N3O5S. The Morgan fingerprint density at radius 3 is 2.54 bits per heavy atom. The van der Waals surface area contributed by atoms with E-state index in [1.54, 1.807) is 56.3 Å². The number of nitrogens with one attached hydrogen (secondary N) is 1. The van der Waals surface area contributed by atoms with Crippen molar-refractivity contribution in [1.29, 1.82) is 0 Å². The maximum atomic E-state index is 13.3. The lowest BCUT2D eigenvalue weighted by Crippen LogP contribution is -2.40. The Kier molecular flexibility index (Phi) is 6.92. The summed E-state index contributed by atoms with van der Waals surface area (Å²) in [5.74, 6) is 0.441. The van der Waals surface area contributed by atoms with Gasteiger partial charge in [-0.05, 0) is 87.6 Å². The van der Waals surface area contributed by atoms with Crippen molar-refractivity contribution >= 4 is 33.2 Å². The number of nitrogens with zero attached hydrogens (tertiary/aromatic N) is 2. The number of ether oxygens (including phenoxy) is 1. The van der Waals surface area contributed by atoms with Gasteiger partial charge in [0.05, 0.1) is 16.9 Å². The minimum absolute atomic E-state index is 0.168. The molecule has 0 aliphatic carbocycles. The number of anilines is 2. The average Bonchev–Trinajstić information content (AvgIpc) is 3.00. The van der Waals surface area contributed by atoms with Gasteiger partial charge in [-0.2, -0.15) is 4.31 Å². The van der Waals surface area contributed by atoms with Crippen molar-refractivity contribution < 1.29 is 22.7 Å².